The molecule has 0 spiro atoms. The summed E-state index contributed by atoms with van der Waals surface area (Å²) >= 11 is 0. The van der Waals surface area contributed by atoms with Crippen molar-refractivity contribution in [3.8, 4) is 0 Å². The number of esters is 1. The van der Waals surface area contributed by atoms with E-state index in [1.165, 1.54) is 0 Å². The van der Waals surface area contributed by atoms with Crippen molar-refractivity contribution in [2.75, 3.05) is 13.2 Å². The van der Waals surface area contributed by atoms with E-state index in [4.69, 9.17) is 0 Å². The highest BCUT2D eigenvalue weighted by Crippen LogP contribution is 1.98. The number of ketones is 1. The Bertz CT molecular complexity index is 342. The number of hydrogen-bond donors (Lipinski definition) is 0. The van der Waals surface area contributed by atoms with Crippen molar-refractivity contribution in [3.05, 3.63) is 20.2 Å². The molecule has 0 saturated carbocycles. The average molecular weight is 266 g/mol. The standard InChI is InChI=1S/C7H10N2O9/c1-5(10)2-7(11)16-3-6(18-9(14)15)4-17-8(12)13/h6H,2-4H2,1H3. The molecule has 18 heavy (non-hydrogen) atoms. The Balaban J connectivity index is 4.14. The minimum atomic E-state index is -1.44. The molecule has 0 aliphatic rings. The molecule has 0 heterocycles. The van der Waals surface area contributed by atoms with Gasteiger partial charge in [-0.15, -0.1) is 20.2 Å². The summed E-state index contributed by atoms with van der Waals surface area (Å²) in [7, 11) is 0. The summed E-state index contributed by atoms with van der Waals surface area (Å²) in [6.45, 7) is -0.260. The Hall–Kier alpha value is -2.46. The lowest BCUT2D eigenvalue weighted by Crippen LogP contribution is -2.30. The molecule has 11 heteroatoms. The molecule has 0 rings (SSSR count). The molecule has 0 aromatic heterocycles. The van der Waals surface area contributed by atoms with Crippen molar-refractivity contribution in [2.45, 2.75) is 19.4 Å². The predicted molar refractivity (Wildman–Crippen MR) is 51.1 cm³/mol. The molecule has 102 valence electrons. The molecule has 0 aliphatic heterocycles. The fourth-order valence-corrected chi connectivity index (χ4v) is 0.815. The van der Waals surface area contributed by atoms with Gasteiger partial charge in [-0.05, 0) is 6.92 Å². The Kier molecular flexibility index (Phi) is 6.70. The van der Waals surface area contributed by atoms with Crippen LogP contribution < -0.4 is 0 Å². The molecule has 11 nitrogen and oxygen atoms in total. The Labute approximate surface area is 99.8 Å². The summed E-state index contributed by atoms with van der Waals surface area (Å²) in [5.74, 6) is -1.37. The largest absolute Gasteiger partial charge is 0.463 e. The Morgan fingerprint density at radius 1 is 1.17 bits per heavy atom. The summed E-state index contributed by atoms with van der Waals surface area (Å²) < 4.78 is 4.46. The zero-order chi connectivity index (χ0) is 14.1. The number of hydrogen-bond acceptors (Lipinski definition) is 9. The van der Waals surface area contributed by atoms with Crippen LogP contribution in [0.15, 0.2) is 0 Å². The monoisotopic (exact) mass is 266 g/mol. The van der Waals surface area contributed by atoms with Crippen molar-refractivity contribution in [3.63, 3.8) is 0 Å². The van der Waals surface area contributed by atoms with Gasteiger partial charge in [-0.25, -0.2) is 0 Å². The second-order valence-corrected chi connectivity index (χ2v) is 3.03. The third-order valence-electron chi connectivity index (χ3n) is 1.42. The SMILES string of the molecule is CC(=O)CC(=O)OCC(CO[N+](=O)[O-])O[N+](=O)[O-]. The molecule has 0 radical (unpaired) electrons. The molecule has 0 fully saturated rings. The second kappa shape index (κ2) is 7.76. The molecule has 1 unspecified atom stereocenters. The molecule has 0 bridgehead atoms. The minimum absolute atomic E-state index is 0.451. The number of rotatable bonds is 9. The van der Waals surface area contributed by atoms with Crippen molar-refractivity contribution >= 4 is 11.8 Å². The van der Waals surface area contributed by atoms with Gasteiger partial charge in [0.05, 0.1) is 0 Å². The van der Waals surface area contributed by atoms with Crippen LogP contribution in [0.1, 0.15) is 13.3 Å². The molecule has 0 amide bonds. The third-order valence-corrected chi connectivity index (χ3v) is 1.42. The molecule has 0 aromatic carbocycles. The molecule has 0 aromatic rings. The molecule has 0 N–H and O–H groups in total. The number of nitrogens with zero attached hydrogens (tertiary/aromatic N) is 2. The maximum atomic E-state index is 10.9. The van der Waals surface area contributed by atoms with Gasteiger partial charge in [0.15, 0.2) is 6.10 Å². The molecule has 1 atom stereocenters. The Morgan fingerprint density at radius 2 is 1.78 bits per heavy atom. The van der Waals surface area contributed by atoms with E-state index < -0.39 is 47.7 Å². The summed E-state index contributed by atoms with van der Waals surface area (Å²) in [4.78, 5) is 49.2. The van der Waals surface area contributed by atoms with Crippen molar-refractivity contribution in [2.24, 2.45) is 0 Å². The van der Waals surface area contributed by atoms with Crippen LogP contribution in [0.2, 0.25) is 0 Å². The van der Waals surface area contributed by atoms with Crippen molar-refractivity contribution in [1.82, 2.24) is 0 Å². The predicted octanol–water partition coefficient (Wildman–Crippen LogP) is -0.706. The van der Waals surface area contributed by atoms with E-state index >= 15 is 0 Å². The maximum Gasteiger partial charge on any atom is 0.313 e. The van der Waals surface area contributed by atoms with Gasteiger partial charge in [-0.2, -0.15) is 0 Å². The van der Waals surface area contributed by atoms with Crippen molar-refractivity contribution < 1.29 is 34.2 Å². The zero-order valence-corrected chi connectivity index (χ0v) is 9.27. The lowest BCUT2D eigenvalue weighted by atomic mass is 10.3. The number of carbonyl (C=O) groups is 2. The van der Waals surface area contributed by atoms with Crippen LogP contribution in [0.3, 0.4) is 0 Å². The van der Waals surface area contributed by atoms with E-state index in [9.17, 15) is 29.8 Å². The highest BCUT2D eigenvalue weighted by molar-refractivity contribution is 5.94. The second-order valence-electron chi connectivity index (χ2n) is 3.03. The van der Waals surface area contributed by atoms with Gasteiger partial charge in [-0.1, -0.05) is 0 Å². The number of carbonyl (C=O) groups excluding carboxylic acids is 2. The lowest BCUT2D eigenvalue weighted by molar-refractivity contribution is -0.790. The van der Waals surface area contributed by atoms with Crippen LogP contribution in [-0.4, -0.2) is 41.2 Å². The van der Waals surface area contributed by atoms with Gasteiger partial charge in [0.2, 0.25) is 0 Å². The van der Waals surface area contributed by atoms with Crippen LogP contribution in [0.25, 0.3) is 0 Å². The summed E-state index contributed by atoms with van der Waals surface area (Å²) in [5, 5.41) is 17.5. The third kappa shape index (κ3) is 8.82. The topological polar surface area (TPSA) is 148 Å². The van der Waals surface area contributed by atoms with Gasteiger partial charge in [0, 0.05) is 0 Å². The minimum Gasteiger partial charge on any atom is -0.463 e. The van der Waals surface area contributed by atoms with Crippen LogP contribution >= 0.6 is 0 Å². The van der Waals surface area contributed by atoms with E-state index in [-0.39, 0.29) is 0 Å². The highest BCUT2D eigenvalue weighted by Gasteiger charge is 2.18. The van der Waals surface area contributed by atoms with Crippen molar-refractivity contribution in [1.29, 1.82) is 0 Å². The van der Waals surface area contributed by atoms with E-state index in [0.29, 0.717) is 0 Å². The zero-order valence-electron chi connectivity index (χ0n) is 9.27. The van der Waals surface area contributed by atoms with Gasteiger partial charge in [0.1, 0.15) is 25.4 Å². The van der Waals surface area contributed by atoms with E-state index in [1.807, 2.05) is 0 Å². The van der Waals surface area contributed by atoms with Gasteiger partial charge >= 0.3 is 5.97 Å². The van der Waals surface area contributed by atoms with Gasteiger partial charge in [0.25, 0.3) is 10.2 Å². The first-order chi connectivity index (χ1) is 8.31. The van der Waals surface area contributed by atoms with Crippen LogP contribution in [-0.2, 0) is 24.0 Å². The fourth-order valence-electron chi connectivity index (χ4n) is 0.815. The molecular formula is C7H10N2O9. The maximum absolute atomic E-state index is 10.9. The average Bonchev–Trinajstić information content (AvgIpc) is 2.20. The highest BCUT2D eigenvalue weighted by atomic mass is 17.0. The normalized spacial score (nSPS) is 11.2. The lowest BCUT2D eigenvalue weighted by Gasteiger charge is -2.13. The van der Waals surface area contributed by atoms with Crippen LogP contribution in [0.5, 0.6) is 0 Å². The Morgan fingerprint density at radius 3 is 2.22 bits per heavy atom. The fraction of sp³-hybridized carbons (Fsp3) is 0.714. The van der Waals surface area contributed by atoms with Gasteiger partial charge < -0.3 is 14.4 Å². The molecule has 0 saturated heterocycles. The number of ether oxygens (including phenoxy) is 1. The molecular weight excluding hydrogens is 256 g/mol. The summed E-state index contributed by atoms with van der Waals surface area (Å²) in [6, 6.07) is 0. The smallest absolute Gasteiger partial charge is 0.313 e. The van der Waals surface area contributed by atoms with Gasteiger partial charge in [-0.3, -0.25) is 9.59 Å². The van der Waals surface area contributed by atoms with Crippen LogP contribution in [0.4, 0.5) is 0 Å². The quantitative estimate of drug-likeness (QED) is 0.228. The summed E-state index contributed by atoms with van der Waals surface area (Å²) in [5.41, 5.74) is 0. The van der Waals surface area contributed by atoms with E-state index in [0.717, 1.165) is 6.92 Å². The number of Topliss-reactive ketones (excluding diaryl/α,β-unsaturated/α-hetero) is 1. The first-order valence-electron chi connectivity index (χ1n) is 4.54. The van der Waals surface area contributed by atoms with E-state index in [2.05, 4.69) is 14.4 Å². The summed E-state index contributed by atoms with van der Waals surface area (Å²) in [6.07, 6.45) is -1.94. The first kappa shape index (κ1) is 15.5. The van der Waals surface area contributed by atoms with Crippen LogP contribution in [0, 0.1) is 20.2 Å². The van der Waals surface area contributed by atoms with E-state index in [1.54, 1.807) is 0 Å². The molecule has 0 aliphatic carbocycles. The first-order valence-corrected chi connectivity index (χ1v) is 4.54.